The molecule has 5 rings (SSSR count). The third kappa shape index (κ3) is 4.26. The van der Waals surface area contributed by atoms with Crippen LogP contribution in [0.4, 0.5) is 31.9 Å². The van der Waals surface area contributed by atoms with Crippen molar-refractivity contribution in [3.8, 4) is 0 Å². The molecule has 4 heterocycles. The number of carbonyl (C=O) groups excluding carboxylic acids is 1. The summed E-state index contributed by atoms with van der Waals surface area (Å²) >= 11 is 0. The second-order valence-corrected chi connectivity index (χ2v) is 8.23. The summed E-state index contributed by atoms with van der Waals surface area (Å²) < 4.78 is 26.2. The summed E-state index contributed by atoms with van der Waals surface area (Å²) in [6.45, 7) is -0.634. The predicted octanol–water partition coefficient (Wildman–Crippen LogP) is 2.91. The minimum absolute atomic E-state index is 0.0443. The lowest BCUT2D eigenvalue weighted by molar-refractivity contribution is -0.117. The molecule has 2 fully saturated rings. The van der Waals surface area contributed by atoms with E-state index in [9.17, 15) is 13.6 Å². The number of aromatic nitrogens is 3. The quantitative estimate of drug-likeness (QED) is 0.388. The lowest BCUT2D eigenvalue weighted by atomic mass is 10.1. The summed E-state index contributed by atoms with van der Waals surface area (Å²) in [6.07, 6.45) is 6.50. The van der Waals surface area contributed by atoms with E-state index in [2.05, 4.69) is 30.6 Å². The maximum Gasteiger partial charge on any atom is 0.282 e. The van der Waals surface area contributed by atoms with E-state index in [0.29, 0.717) is 28.7 Å². The number of anilines is 3. The second kappa shape index (κ2) is 7.91. The fourth-order valence-corrected chi connectivity index (χ4v) is 3.69. The number of aliphatic imine (C=N–C) groups is 1. The van der Waals surface area contributed by atoms with Crippen molar-refractivity contribution in [3.63, 3.8) is 0 Å². The van der Waals surface area contributed by atoms with Crippen LogP contribution in [0, 0.1) is 5.92 Å². The van der Waals surface area contributed by atoms with Gasteiger partial charge in [0.05, 0.1) is 25.0 Å². The summed E-state index contributed by atoms with van der Waals surface area (Å²) in [4.78, 5) is 31.0. The van der Waals surface area contributed by atoms with Crippen LogP contribution < -0.4 is 21.3 Å². The van der Waals surface area contributed by atoms with Crippen molar-refractivity contribution in [2.24, 2.45) is 16.6 Å². The number of rotatable bonds is 6. The summed E-state index contributed by atoms with van der Waals surface area (Å²) in [6, 6.07) is 5.06. The molecule has 3 aromatic heterocycles. The number of nitrogens with zero attached hydrogens (tertiary/aromatic N) is 5. The summed E-state index contributed by atoms with van der Waals surface area (Å²) in [7, 11) is 1.75. The van der Waals surface area contributed by atoms with Crippen LogP contribution in [0.3, 0.4) is 0 Å². The van der Waals surface area contributed by atoms with E-state index in [1.807, 2.05) is 0 Å². The minimum atomic E-state index is -2.65. The molecule has 0 unspecified atom stereocenters. The topological polar surface area (TPSA) is 121 Å². The van der Waals surface area contributed by atoms with Gasteiger partial charge in [-0.05, 0) is 31.0 Å². The first-order valence-electron chi connectivity index (χ1n) is 10.5. The van der Waals surface area contributed by atoms with Crippen molar-refractivity contribution < 1.29 is 13.6 Å². The van der Waals surface area contributed by atoms with Gasteiger partial charge in [-0.3, -0.25) is 4.79 Å². The Morgan fingerprint density at radius 1 is 1.15 bits per heavy atom. The van der Waals surface area contributed by atoms with Gasteiger partial charge >= 0.3 is 0 Å². The third-order valence-electron chi connectivity index (χ3n) is 5.66. The van der Waals surface area contributed by atoms with Gasteiger partial charge in [0.25, 0.3) is 5.92 Å². The lowest BCUT2D eigenvalue weighted by Crippen LogP contribution is -2.56. The molecule has 0 spiro atoms. The number of carbonyl (C=O) groups is 1. The van der Waals surface area contributed by atoms with Gasteiger partial charge in [-0.2, -0.15) is 0 Å². The number of alkyl halides is 2. The zero-order valence-corrected chi connectivity index (χ0v) is 17.8. The monoisotopic (exact) mass is 452 g/mol. The maximum atomic E-state index is 13.1. The lowest BCUT2D eigenvalue weighted by Gasteiger charge is -2.40. The van der Waals surface area contributed by atoms with Crippen molar-refractivity contribution in [1.82, 2.24) is 15.0 Å². The molecular formula is C22H22F2N8O. The van der Waals surface area contributed by atoms with Crippen molar-refractivity contribution >= 4 is 45.7 Å². The molecule has 2 aliphatic rings. The number of amides is 1. The van der Waals surface area contributed by atoms with Crippen LogP contribution in [-0.2, 0) is 4.79 Å². The molecular weight excluding hydrogens is 430 g/mol. The van der Waals surface area contributed by atoms with Crippen LogP contribution in [0.5, 0.6) is 0 Å². The number of pyridine rings is 3. The standard InChI is InChI=1S/C22H22F2N8O/c1-26-20-16-9-28-18(31-21(33)12-2-3-12)6-14(16)15(8-29-20)19(25)30-17-5-4-13(7-27-17)32-10-22(23,24)11-32/h4-9,12H,2-3,10-11H2,1H3,(H,26,29)(H2,25,27,30)(H,28,31,33). The molecule has 1 aliphatic heterocycles. The SMILES string of the molecule is CNc1ncc(C(N)=Nc2ccc(N3CC(F)(F)C3)cn2)c2cc(NC(=O)C3CC3)ncc12. The number of halogens is 2. The molecule has 9 nitrogen and oxygen atoms in total. The van der Waals surface area contributed by atoms with Crippen LogP contribution >= 0.6 is 0 Å². The number of hydrogen-bond donors (Lipinski definition) is 3. The Hall–Kier alpha value is -3.89. The molecule has 1 amide bonds. The number of nitrogens with one attached hydrogen (secondary N) is 2. The van der Waals surface area contributed by atoms with Gasteiger partial charge in [0.2, 0.25) is 5.91 Å². The molecule has 1 saturated heterocycles. The smallest absolute Gasteiger partial charge is 0.282 e. The van der Waals surface area contributed by atoms with Gasteiger partial charge in [-0.1, -0.05) is 0 Å². The first kappa shape index (κ1) is 21.0. The molecule has 0 atom stereocenters. The number of hydrogen-bond acceptors (Lipinski definition) is 7. The Morgan fingerprint density at radius 2 is 1.94 bits per heavy atom. The highest BCUT2D eigenvalue weighted by atomic mass is 19.3. The van der Waals surface area contributed by atoms with E-state index in [4.69, 9.17) is 5.73 Å². The molecule has 4 N–H and O–H groups in total. The predicted molar refractivity (Wildman–Crippen MR) is 122 cm³/mol. The van der Waals surface area contributed by atoms with E-state index in [1.165, 1.54) is 6.20 Å². The first-order chi connectivity index (χ1) is 15.8. The van der Waals surface area contributed by atoms with Gasteiger partial charge < -0.3 is 21.3 Å². The molecule has 0 aromatic carbocycles. The fourth-order valence-electron chi connectivity index (χ4n) is 3.69. The maximum absolute atomic E-state index is 13.1. The Balaban J connectivity index is 1.44. The highest BCUT2D eigenvalue weighted by Gasteiger charge is 2.44. The molecule has 1 aliphatic carbocycles. The highest BCUT2D eigenvalue weighted by molar-refractivity contribution is 6.12. The van der Waals surface area contributed by atoms with Crippen LogP contribution in [-0.4, -0.2) is 52.8 Å². The van der Waals surface area contributed by atoms with E-state index in [0.717, 1.165) is 23.6 Å². The number of nitrogens with two attached hydrogens (primary N) is 1. The third-order valence-corrected chi connectivity index (χ3v) is 5.66. The first-order valence-corrected chi connectivity index (χ1v) is 10.5. The Bertz CT molecular complexity index is 1250. The fraction of sp³-hybridized carbons (Fsp3) is 0.318. The average molecular weight is 452 g/mol. The van der Waals surface area contributed by atoms with E-state index in [-0.39, 0.29) is 30.8 Å². The molecule has 3 aromatic rings. The zero-order chi connectivity index (χ0) is 23.2. The van der Waals surface area contributed by atoms with Crippen LogP contribution in [0.2, 0.25) is 0 Å². The van der Waals surface area contributed by atoms with Gasteiger partial charge in [0.15, 0.2) is 5.82 Å². The summed E-state index contributed by atoms with van der Waals surface area (Å²) in [5.74, 6) is -1.09. The Morgan fingerprint density at radius 3 is 2.58 bits per heavy atom. The van der Waals surface area contributed by atoms with Crippen molar-refractivity contribution in [2.75, 3.05) is 35.7 Å². The zero-order valence-electron chi connectivity index (χ0n) is 17.8. The van der Waals surface area contributed by atoms with Gasteiger partial charge in [-0.15, -0.1) is 0 Å². The van der Waals surface area contributed by atoms with Crippen LogP contribution in [0.25, 0.3) is 10.8 Å². The number of amidine groups is 1. The Labute approximate surface area is 188 Å². The van der Waals surface area contributed by atoms with Crippen LogP contribution in [0.15, 0.2) is 41.8 Å². The average Bonchev–Trinajstić information content (AvgIpc) is 3.62. The van der Waals surface area contributed by atoms with Gasteiger partial charge in [0, 0.05) is 41.7 Å². The van der Waals surface area contributed by atoms with E-state index < -0.39 is 5.92 Å². The summed E-state index contributed by atoms with van der Waals surface area (Å²) in [5.41, 5.74) is 7.46. The van der Waals surface area contributed by atoms with Gasteiger partial charge in [-0.25, -0.2) is 28.7 Å². The number of fused-ring (bicyclic) bond motifs is 1. The molecule has 0 bridgehead atoms. The van der Waals surface area contributed by atoms with Gasteiger partial charge in [0.1, 0.15) is 17.5 Å². The van der Waals surface area contributed by atoms with E-state index >= 15 is 0 Å². The summed E-state index contributed by atoms with van der Waals surface area (Å²) in [5, 5.41) is 7.30. The Kier molecular flexibility index (Phi) is 5.03. The normalized spacial score (nSPS) is 17.5. The molecule has 33 heavy (non-hydrogen) atoms. The minimum Gasteiger partial charge on any atom is -0.383 e. The largest absolute Gasteiger partial charge is 0.383 e. The molecule has 0 radical (unpaired) electrons. The molecule has 11 heteroatoms. The highest BCUT2D eigenvalue weighted by Crippen LogP contribution is 2.33. The van der Waals surface area contributed by atoms with Crippen molar-refractivity contribution in [2.45, 2.75) is 18.8 Å². The van der Waals surface area contributed by atoms with Crippen molar-refractivity contribution in [3.05, 3.63) is 42.4 Å². The molecule has 170 valence electrons. The van der Waals surface area contributed by atoms with Crippen molar-refractivity contribution in [1.29, 1.82) is 0 Å². The van der Waals surface area contributed by atoms with E-state index in [1.54, 1.807) is 42.5 Å². The second-order valence-electron chi connectivity index (χ2n) is 8.23. The molecule has 1 saturated carbocycles. The van der Waals surface area contributed by atoms with Crippen LogP contribution in [0.1, 0.15) is 18.4 Å².